The van der Waals surface area contributed by atoms with E-state index in [9.17, 15) is 13.2 Å². The zero-order valence-corrected chi connectivity index (χ0v) is 10.1. The molecule has 2 N–H and O–H groups in total. The van der Waals surface area contributed by atoms with Crippen LogP contribution in [0.15, 0.2) is 0 Å². The number of amides is 1. The topological polar surface area (TPSA) is 80.5 Å². The van der Waals surface area contributed by atoms with Gasteiger partial charge in [-0.3, -0.25) is 4.79 Å². The molecule has 1 aliphatic heterocycles. The summed E-state index contributed by atoms with van der Waals surface area (Å²) in [5.41, 5.74) is 5.45. The molecule has 5 nitrogen and oxygen atoms in total. The summed E-state index contributed by atoms with van der Waals surface area (Å²) in [6.45, 7) is 0.735. The van der Waals surface area contributed by atoms with Gasteiger partial charge in [-0.25, -0.2) is 8.42 Å². The van der Waals surface area contributed by atoms with Crippen molar-refractivity contribution in [1.29, 1.82) is 0 Å². The maximum absolute atomic E-state index is 11.9. The Labute approximate surface area is 95.9 Å². The molecule has 1 aliphatic carbocycles. The molecule has 1 saturated carbocycles. The minimum absolute atomic E-state index is 0.0628. The van der Waals surface area contributed by atoms with Gasteiger partial charge in [-0.15, -0.1) is 0 Å². The molecular weight excluding hydrogens is 228 g/mol. The van der Waals surface area contributed by atoms with E-state index >= 15 is 0 Å². The number of rotatable bonds is 2. The number of hydrogen-bond acceptors (Lipinski definition) is 4. The van der Waals surface area contributed by atoms with E-state index < -0.39 is 15.1 Å². The van der Waals surface area contributed by atoms with Crippen molar-refractivity contribution in [3.05, 3.63) is 0 Å². The molecule has 6 heteroatoms. The molecule has 2 fully saturated rings. The Morgan fingerprint density at radius 1 is 1.38 bits per heavy atom. The Morgan fingerprint density at radius 2 is 2.06 bits per heavy atom. The average Bonchev–Trinajstić information content (AvgIpc) is 2.14. The van der Waals surface area contributed by atoms with E-state index in [-0.39, 0.29) is 30.7 Å². The summed E-state index contributed by atoms with van der Waals surface area (Å²) in [5.74, 6) is 0.326. The Morgan fingerprint density at radius 3 is 2.56 bits per heavy atom. The molecule has 16 heavy (non-hydrogen) atoms. The molecule has 2 rings (SSSR count). The first kappa shape index (κ1) is 11.9. The second-order valence-electron chi connectivity index (χ2n) is 4.64. The highest BCUT2D eigenvalue weighted by Crippen LogP contribution is 2.29. The quantitative estimate of drug-likeness (QED) is 0.703. The zero-order chi connectivity index (χ0) is 11.8. The first-order chi connectivity index (χ1) is 7.54. The standard InChI is InChI=1S/C10H18N2O3S/c11-6-9-7-12(4-5-16(9,14)15)10(13)8-2-1-3-8/h8-9H,1-7,11H2. The molecule has 0 aromatic heterocycles. The van der Waals surface area contributed by atoms with E-state index in [0.29, 0.717) is 6.54 Å². The molecule has 0 radical (unpaired) electrons. The maximum Gasteiger partial charge on any atom is 0.225 e. The van der Waals surface area contributed by atoms with Gasteiger partial charge < -0.3 is 10.6 Å². The van der Waals surface area contributed by atoms with Crippen LogP contribution in [0.3, 0.4) is 0 Å². The van der Waals surface area contributed by atoms with Gasteiger partial charge in [-0.2, -0.15) is 0 Å². The Hall–Kier alpha value is -0.620. The SMILES string of the molecule is NCC1CN(C(=O)C2CCC2)CCS1(=O)=O. The lowest BCUT2D eigenvalue weighted by atomic mass is 9.84. The number of hydrogen-bond donors (Lipinski definition) is 1. The van der Waals surface area contributed by atoms with Crippen LogP contribution in [0.4, 0.5) is 0 Å². The summed E-state index contributed by atoms with van der Waals surface area (Å²) in [6.07, 6.45) is 3.02. The number of carbonyl (C=O) groups is 1. The fourth-order valence-corrected chi connectivity index (χ4v) is 3.70. The van der Waals surface area contributed by atoms with Gasteiger partial charge in [0.25, 0.3) is 0 Å². The minimum Gasteiger partial charge on any atom is -0.340 e. The smallest absolute Gasteiger partial charge is 0.225 e. The minimum atomic E-state index is -3.07. The van der Waals surface area contributed by atoms with Crippen LogP contribution in [0, 0.1) is 5.92 Å². The first-order valence-electron chi connectivity index (χ1n) is 5.75. The highest BCUT2D eigenvalue weighted by Gasteiger charge is 2.37. The van der Waals surface area contributed by atoms with Crippen LogP contribution in [-0.2, 0) is 14.6 Å². The molecule has 2 aliphatic rings. The lowest BCUT2D eigenvalue weighted by molar-refractivity contribution is -0.138. The zero-order valence-electron chi connectivity index (χ0n) is 9.26. The van der Waals surface area contributed by atoms with Gasteiger partial charge in [0.05, 0.1) is 11.0 Å². The number of nitrogens with zero attached hydrogens (tertiary/aromatic N) is 1. The van der Waals surface area contributed by atoms with Crippen molar-refractivity contribution in [1.82, 2.24) is 4.90 Å². The van der Waals surface area contributed by atoms with Crippen molar-refractivity contribution in [3.8, 4) is 0 Å². The fourth-order valence-electron chi connectivity index (χ4n) is 2.19. The third-order valence-electron chi connectivity index (χ3n) is 3.61. The molecule has 1 amide bonds. The molecule has 0 aromatic carbocycles. The molecule has 1 atom stereocenters. The fraction of sp³-hybridized carbons (Fsp3) is 0.900. The van der Waals surface area contributed by atoms with Crippen LogP contribution in [0.25, 0.3) is 0 Å². The molecular formula is C10H18N2O3S. The largest absolute Gasteiger partial charge is 0.340 e. The highest BCUT2D eigenvalue weighted by atomic mass is 32.2. The monoisotopic (exact) mass is 246 g/mol. The summed E-state index contributed by atoms with van der Waals surface area (Å²) < 4.78 is 23.2. The van der Waals surface area contributed by atoms with Crippen molar-refractivity contribution in [3.63, 3.8) is 0 Å². The van der Waals surface area contributed by atoms with Crippen LogP contribution >= 0.6 is 0 Å². The number of sulfone groups is 1. The van der Waals surface area contributed by atoms with Crippen molar-refractivity contribution in [2.24, 2.45) is 11.7 Å². The normalized spacial score (nSPS) is 29.8. The van der Waals surface area contributed by atoms with Gasteiger partial charge in [0.2, 0.25) is 5.91 Å². The van der Waals surface area contributed by atoms with Gasteiger partial charge in [-0.1, -0.05) is 6.42 Å². The third kappa shape index (κ3) is 2.08. The second kappa shape index (κ2) is 4.33. The average molecular weight is 246 g/mol. The van der Waals surface area contributed by atoms with E-state index in [1.165, 1.54) is 0 Å². The van der Waals surface area contributed by atoms with Crippen molar-refractivity contribution < 1.29 is 13.2 Å². The Balaban J connectivity index is 2.01. The molecule has 0 bridgehead atoms. The van der Waals surface area contributed by atoms with Crippen LogP contribution in [0.5, 0.6) is 0 Å². The van der Waals surface area contributed by atoms with Crippen LogP contribution in [-0.4, -0.2) is 49.9 Å². The second-order valence-corrected chi connectivity index (χ2v) is 7.04. The van der Waals surface area contributed by atoms with Gasteiger partial charge in [0.15, 0.2) is 9.84 Å². The lowest BCUT2D eigenvalue weighted by Crippen LogP contribution is -2.53. The van der Waals surface area contributed by atoms with E-state index in [0.717, 1.165) is 19.3 Å². The molecule has 1 unspecified atom stereocenters. The van der Waals surface area contributed by atoms with Crippen molar-refractivity contribution >= 4 is 15.7 Å². The first-order valence-corrected chi connectivity index (χ1v) is 7.46. The molecule has 1 heterocycles. The highest BCUT2D eigenvalue weighted by molar-refractivity contribution is 7.92. The molecule has 1 saturated heterocycles. The van der Waals surface area contributed by atoms with Crippen LogP contribution < -0.4 is 5.73 Å². The van der Waals surface area contributed by atoms with E-state index in [2.05, 4.69) is 0 Å². The summed E-state index contributed by atoms with van der Waals surface area (Å²) in [4.78, 5) is 13.6. The Bertz CT molecular complexity index is 376. The van der Waals surface area contributed by atoms with Gasteiger partial charge in [0.1, 0.15) is 0 Å². The summed E-state index contributed by atoms with van der Waals surface area (Å²) in [7, 11) is -3.07. The third-order valence-corrected chi connectivity index (χ3v) is 5.72. The Kier molecular flexibility index (Phi) is 3.21. The predicted molar refractivity (Wildman–Crippen MR) is 60.6 cm³/mol. The molecule has 92 valence electrons. The maximum atomic E-state index is 11.9. The van der Waals surface area contributed by atoms with Gasteiger partial charge >= 0.3 is 0 Å². The van der Waals surface area contributed by atoms with E-state index in [4.69, 9.17) is 5.73 Å². The number of nitrogens with two attached hydrogens (primary N) is 1. The van der Waals surface area contributed by atoms with Crippen molar-refractivity contribution in [2.45, 2.75) is 24.5 Å². The van der Waals surface area contributed by atoms with E-state index in [1.54, 1.807) is 4.90 Å². The van der Waals surface area contributed by atoms with Gasteiger partial charge in [0, 0.05) is 25.6 Å². The summed E-state index contributed by atoms with van der Waals surface area (Å²) >= 11 is 0. The van der Waals surface area contributed by atoms with E-state index in [1.807, 2.05) is 0 Å². The summed E-state index contributed by atoms with van der Waals surface area (Å²) in [6, 6.07) is 0. The van der Waals surface area contributed by atoms with Crippen LogP contribution in [0.1, 0.15) is 19.3 Å². The van der Waals surface area contributed by atoms with Gasteiger partial charge in [-0.05, 0) is 12.8 Å². The van der Waals surface area contributed by atoms with Crippen LogP contribution in [0.2, 0.25) is 0 Å². The number of carbonyl (C=O) groups excluding carboxylic acids is 1. The predicted octanol–water partition coefficient (Wildman–Crippen LogP) is -0.629. The lowest BCUT2D eigenvalue weighted by Gasteiger charge is -2.36. The molecule has 0 aromatic rings. The van der Waals surface area contributed by atoms with Crippen molar-refractivity contribution in [2.75, 3.05) is 25.4 Å². The molecule has 0 spiro atoms. The summed E-state index contributed by atoms with van der Waals surface area (Å²) in [5, 5.41) is -0.565.